The van der Waals surface area contributed by atoms with E-state index in [-0.39, 0.29) is 12.1 Å². The zero-order valence-corrected chi connectivity index (χ0v) is 12.6. The van der Waals surface area contributed by atoms with Gasteiger partial charge in [0.1, 0.15) is 0 Å². The molecule has 3 rings (SSSR count). The number of fused-ring (bicyclic) bond motifs is 1. The summed E-state index contributed by atoms with van der Waals surface area (Å²) in [5, 5.41) is 0.813. The van der Waals surface area contributed by atoms with Crippen LogP contribution in [0, 0.1) is 0 Å². The van der Waals surface area contributed by atoms with Crippen molar-refractivity contribution in [3.05, 3.63) is 66.4 Å². The minimum Gasteiger partial charge on any atom is -0.459 e. The van der Waals surface area contributed by atoms with E-state index >= 15 is 0 Å². The van der Waals surface area contributed by atoms with Crippen LogP contribution in [0.1, 0.15) is 24.2 Å². The summed E-state index contributed by atoms with van der Waals surface area (Å²) in [5.74, 6) is -0.314. The molecule has 0 spiro atoms. The fourth-order valence-corrected chi connectivity index (χ4v) is 2.43. The molecule has 3 heteroatoms. The van der Waals surface area contributed by atoms with Crippen molar-refractivity contribution in [3.8, 4) is 11.1 Å². The van der Waals surface area contributed by atoms with Crippen LogP contribution in [0.2, 0.25) is 0 Å². The number of ether oxygens (including phenoxy) is 1. The minimum atomic E-state index is -0.314. The number of rotatable bonds is 3. The van der Waals surface area contributed by atoms with Gasteiger partial charge in [-0.15, -0.1) is 0 Å². The monoisotopic (exact) mass is 291 g/mol. The number of hydrogen-bond acceptors (Lipinski definition) is 3. The van der Waals surface area contributed by atoms with E-state index in [0.29, 0.717) is 5.56 Å². The summed E-state index contributed by atoms with van der Waals surface area (Å²) in [6.45, 7) is 3.69. The van der Waals surface area contributed by atoms with Crippen molar-refractivity contribution in [1.29, 1.82) is 0 Å². The lowest BCUT2D eigenvalue weighted by molar-refractivity contribution is 0.0380. The number of hydrogen-bond donors (Lipinski definition) is 0. The van der Waals surface area contributed by atoms with Crippen LogP contribution in [0.3, 0.4) is 0 Å². The first-order valence-electron chi connectivity index (χ1n) is 7.30. The Kier molecular flexibility index (Phi) is 3.88. The average Bonchev–Trinajstić information content (AvgIpc) is 2.54. The second kappa shape index (κ2) is 5.98. The first-order chi connectivity index (χ1) is 10.6. The Morgan fingerprint density at radius 2 is 1.77 bits per heavy atom. The fraction of sp³-hybridized carbons (Fsp3) is 0.158. The van der Waals surface area contributed by atoms with Gasteiger partial charge in [0.05, 0.1) is 17.2 Å². The van der Waals surface area contributed by atoms with Crippen molar-refractivity contribution in [2.75, 3.05) is 0 Å². The maximum absolute atomic E-state index is 12.4. The van der Waals surface area contributed by atoms with Crippen LogP contribution >= 0.6 is 0 Å². The van der Waals surface area contributed by atoms with E-state index < -0.39 is 0 Å². The van der Waals surface area contributed by atoms with Crippen LogP contribution in [0.25, 0.3) is 22.0 Å². The number of carbonyl (C=O) groups excluding carboxylic acids is 1. The Morgan fingerprint density at radius 1 is 1.00 bits per heavy atom. The second-order valence-electron chi connectivity index (χ2n) is 5.41. The van der Waals surface area contributed by atoms with E-state index in [9.17, 15) is 4.79 Å². The number of benzene rings is 2. The number of nitrogens with zero attached hydrogens (tertiary/aromatic N) is 1. The summed E-state index contributed by atoms with van der Waals surface area (Å²) in [7, 11) is 0. The van der Waals surface area contributed by atoms with Crippen LogP contribution in [-0.4, -0.2) is 17.1 Å². The predicted octanol–water partition coefficient (Wildman–Crippen LogP) is 4.47. The SMILES string of the molecule is CC(C)OC(=O)c1cc(-c2ccccc2)cc2ncccc12. The van der Waals surface area contributed by atoms with Gasteiger partial charge in [0.15, 0.2) is 0 Å². The minimum absolute atomic E-state index is 0.153. The highest BCUT2D eigenvalue weighted by Gasteiger charge is 2.15. The van der Waals surface area contributed by atoms with Crippen molar-refractivity contribution >= 4 is 16.9 Å². The maximum atomic E-state index is 12.4. The summed E-state index contributed by atoms with van der Waals surface area (Å²) < 4.78 is 5.37. The topological polar surface area (TPSA) is 39.2 Å². The molecule has 0 amide bonds. The van der Waals surface area contributed by atoms with Gasteiger partial charge in [-0.3, -0.25) is 4.98 Å². The maximum Gasteiger partial charge on any atom is 0.339 e. The van der Waals surface area contributed by atoms with Gasteiger partial charge in [-0.25, -0.2) is 4.79 Å². The molecule has 0 saturated carbocycles. The third-order valence-corrected chi connectivity index (χ3v) is 3.39. The molecule has 0 saturated heterocycles. The van der Waals surface area contributed by atoms with E-state index in [4.69, 9.17) is 4.74 Å². The molecule has 1 aromatic heterocycles. The first-order valence-corrected chi connectivity index (χ1v) is 7.30. The van der Waals surface area contributed by atoms with Crippen molar-refractivity contribution in [1.82, 2.24) is 4.98 Å². The highest BCUT2D eigenvalue weighted by molar-refractivity contribution is 6.05. The number of esters is 1. The lowest BCUT2D eigenvalue weighted by Gasteiger charge is -2.12. The van der Waals surface area contributed by atoms with Gasteiger partial charge in [0.2, 0.25) is 0 Å². The summed E-state index contributed by atoms with van der Waals surface area (Å²) in [6, 6.07) is 17.6. The quantitative estimate of drug-likeness (QED) is 0.668. The Labute approximate surface area is 129 Å². The lowest BCUT2D eigenvalue weighted by Crippen LogP contribution is -2.12. The van der Waals surface area contributed by atoms with Crippen LogP contribution in [0.15, 0.2) is 60.8 Å². The zero-order chi connectivity index (χ0) is 15.5. The smallest absolute Gasteiger partial charge is 0.339 e. The molecule has 0 unspecified atom stereocenters. The van der Waals surface area contributed by atoms with Gasteiger partial charge in [-0.1, -0.05) is 36.4 Å². The molecule has 0 fully saturated rings. The molecule has 3 nitrogen and oxygen atoms in total. The van der Waals surface area contributed by atoms with Gasteiger partial charge in [-0.05, 0) is 43.2 Å². The van der Waals surface area contributed by atoms with Gasteiger partial charge < -0.3 is 4.74 Å². The molecule has 0 N–H and O–H groups in total. The molecular formula is C19H17NO2. The summed E-state index contributed by atoms with van der Waals surface area (Å²) in [4.78, 5) is 16.8. The van der Waals surface area contributed by atoms with Gasteiger partial charge in [-0.2, -0.15) is 0 Å². The highest BCUT2D eigenvalue weighted by Crippen LogP contribution is 2.27. The molecule has 0 bridgehead atoms. The Hall–Kier alpha value is -2.68. The third kappa shape index (κ3) is 2.84. The number of carbonyl (C=O) groups is 1. The third-order valence-electron chi connectivity index (χ3n) is 3.39. The normalized spacial score (nSPS) is 10.9. The molecular weight excluding hydrogens is 274 g/mol. The molecule has 0 atom stereocenters. The molecule has 1 heterocycles. The van der Waals surface area contributed by atoms with Crippen molar-refractivity contribution < 1.29 is 9.53 Å². The molecule has 22 heavy (non-hydrogen) atoms. The largest absolute Gasteiger partial charge is 0.459 e. The van der Waals surface area contributed by atoms with Crippen LogP contribution < -0.4 is 0 Å². The van der Waals surface area contributed by atoms with E-state index in [0.717, 1.165) is 22.0 Å². The molecule has 0 aliphatic heterocycles. The standard InChI is InChI=1S/C19H17NO2/c1-13(2)22-19(21)17-11-15(14-7-4-3-5-8-14)12-18-16(17)9-6-10-20-18/h3-13H,1-2H3. The summed E-state index contributed by atoms with van der Waals surface area (Å²) in [5.41, 5.74) is 3.36. The summed E-state index contributed by atoms with van der Waals surface area (Å²) in [6.07, 6.45) is 1.58. The van der Waals surface area contributed by atoms with Crippen LogP contribution in [-0.2, 0) is 4.74 Å². The van der Waals surface area contributed by atoms with Crippen molar-refractivity contribution in [3.63, 3.8) is 0 Å². The molecule has 0 aliphatic rings. The van der Waals surface area contributed by atoms with E-state index in [2.05, 4.69) is 4.98 Å². The molecule has 110 valence electrons. The van der Waals surface area contributed by atoms with Crippen LogP contribution in [0.5, 0.6) is 0 Å². The van der Waals surface area contributed by atoms with Gasteiger partial charge >= 0.3 is 5.97 Å². The molecule has 3 aromatic rings. The van der Waals surface area contributed by atoms with Crippen LogP contribution in [0.4, 0.5) is 0 Å². The highest BCUT2D eigenvalue weighted by atomic mass is 16.5. The summed E-state index contributed by atoms with van der Waals surface area (Å²) >= 11 is 0. The fourth-order valence-electron chi connectivity index (χ4n) is 2.43. The molecule has 2 aromatic carbocycles. The van der Waals surface area contributed by atoms with Gasteiger partial charge in [0.25, 0.3) is 0 Å². The van der Waals surface area contributed by atoms with E-state index in [1.807, 2.05) is 68.4 Å². The van der Waals surface area contributed by atoms with Crippen molar-refractivity contribution in [2.24, 2.45) is 0 Å². The van der Waals surface area contributed by atoms with E-state index in [1.54, 1.807) is 6.20 Å². The number of aromatic nitrogens is 1. The Bertz CT molecular complexity index is 810. The molecule has 0 radical (unpaired) electrons. The van der Waals surface area contributed by atoms with Crippen molar-refractivity contribution in [2.45, 2.75) is 20.0 Å². The Morgan fingerprint density at radius 3 is 2.50 bits per heavy atom. The first kappa shape index (κ1) is 14.3. The van der Waals surface area contributed by atoms with E-state index in [1.165, 1.54) is 0 Å². The average molecular weight is 291 g/mol. The second-order valence-corrected chi connectivity index (χ2v) is 5.41. The lowest BCUT2D eigenvalue weighted by atomic mass is 9.99. The van der Waals surface area contributed by atoms with Gasteiger partial charge in [0, 0.05) is 11.6 Å². The molecule has 0 aliphatic carbocycles. The zero-order valence-electron chi connectivity index (χ0n) is 12.6. The predicted molar refractivity (Wildman–Crippen MR) is 87.7 cm³/mol. The number of pyridine rings is 1. The Balaban J connectivity index is 2.19.